The van der Waals surface area contributed by atoms with Crippen molar-refractivity contribution >= 4 is 27.4 Å². The zero-order valence-electron chi connectivity index (χ0n) is 24.0. The van der Waals surface area contributed by atoms with Crippen LogP contribution in [-0.4, -0.2) is 55.8 Å². The smallest absolute Gasteiger partial charge is 0.299 e. The molecule has 3 aliphatic rings. The van der Waals surface area contributed by atoms with E-state index >= 15 is 0 Å². The highest BCUT2D eigenvalue weighted by Crippen LogP contribution is 2.35. The van der Waals surface area contributed by atoms with Crippen LogP contribution in [0.15, 0.2) is 108 Å². The monoisotopic (exact) mass is 598 g/mol. The van der Waals surface area contributed by atoms with Gasteiger partial charge in [-0.2, -0.15) is 4.31 Å². The molecular weight excluding hydrogens is 564 g/mol. The van der Waals surface area contributed by atoms with Crippen molar-refractivity contribution in [2.75, 3.05) is 24.6 Å². The molecule has 3 aromatic rings. The van der Waals surface area contributed by atoms with Gasteiger partial charge in [0.2, 0.25) is 10.0 Å². The Morgan fingerprint density at radius 3 is 2.44 bits per heavy atom. The Labute approximate surface area is 252 Å². The van der Waals surface area contributed by atoms with E-state index in [1.165, 1.54) is 21.3 Å². The molecule has 1 aliphatic carbocycles. The van der Waals surface area contributed by atoms with E-state index in [0.717, 1.165) is 17.6 Å². The number of fused-ring (bicyclic) bond motifs is 1. The molecule has 8 nitrogen and oxygen atoms in total. The summed E-state index contributed by atoms with van der Waals surface area (Å²) in [5, 5.41) is 0. The lowest BCUT2D eigenvalue weighted by molar-refractivity contribution is -0.114. The molecule has 222 valence electrons. The predicted molar refractivity (Wildman–Crippen MR) is 163 cm³/mol. The highest BCUT2D eigenvalue weighted by Gasteiger charge is 2.40. The topological polar surface area (TPSA) is 93.2 Å². The fourth-order valence-corrected chi connectivity index (χ4v) is 7.42. The maximum absolute atomic E-state index is 13.7. The van der Waals surface area contributed by atoms with Gasteiger partial charge in [-0.25, -0.2) is 8.42 Å². The van der Waals surface area contributed by atoms with Crippen LogP contribution in [0.5, 0.6) is 5.75 Å². The van der Waals surface area contributed by atoms with Crippen LogP contribution in [-0.2, 0) is 26.2 Å². The van der Waals surface area contributed by atoms with Crippen molar-refractivity contribution in [1.29, 1.82) is 0 Å². The van der Waals surface area contributed by atoms with Crippen molar-refractivity contribution in [2.45, 2.75) is 49.3 Å². The van der Waals surface area contributed by atoms with Gasteiger partial charge in [0.05, 0.1) is 40.9 Å². The number of amides is 1. The number of sulfonamides is 1. The lowest BCUT2D eigenvalue weighted by atomic mass is 9.93. The summed E-state index contributed by atoms with van der Waals surface area (Å²) >= 11 is 0. The summed E-state index contributed by atoms with van der Waals surface area (Å²) in [6.45, 7) is 3.31. The van der Waals surface area contributed by atoms with Crippen molar-refractivity contribution in [3.8, 4) is 5.75 Å². The third-order valence-corrected chi connectivity index (χ3v) is 10.2. The number of para-hydroxylation sites is 1. The fraction of sp³-hybridized carbons (Fsp3) is 0.294. The molecule has 1 fully saturated rings. The van der Waals surface area contributed by atoms with E-state index in [-0.39, 0.29) is 29.7 Å². The molecule has 0 spiro atoms. The fourth-order valence-electron chi connectivity index (χ4n) is 5.72. The van der Waals surface area contributed by atoms with Crippen molar-refractivity contribution in [3.63, 3.8) is 0 Å². The van der Waals surface area contributed by atoms with Gasteiger partial charge in [0, 0.05) is 6.54 Å². The summed E-state index contributed by atoms with van der Waals surface area (Å²) in [6.07, 6.45) is 7.95. The first-order valence-corrected chi connectivity index (χ1v) is 15.9. The maximum atomic E-state index is 13.7. The first-order chi connectivity index (χ1) is 20.7. The van der Waals surface area contributed by atoms with Crippen LogP contribution in [0.1, 0.15) is 42.1 Å². The van der Waals surface area contributed by atoms with Gasteiger partial charge < -0.3 is 14.4 Å². The van der Waals surface area contributed by atoms with Crippen molar-refractivity contribution in [3.05, 3.63) is 114 Å². The molecule has 1 unspecified atom stereocenters. The van der Waals surface area contributed by atoms with Crippen LogP contribution in [0.25, 0.3) is 0 Å². The third kappa shape index (κ3) is 6.06. The zero-order chi connectivity index (χ0) is 30.0. The molecule has 3 aromatic carbocycles. The van der Waals surface area contributed by atoms with Gasteiger partial charge in [-0.15, -0.1) is 0 Å². The van der Waals surface area contributed by atoms with Gasteiger partial charge in [-0.3, -0.25) is 9.59 Å². The molecule has 2 heterocycles. The number of carbonyl (C=O) groups excluding carboxylic acids is 2. The van der Waals surface area contributed by atoms with E-state index < -0.39 is 27.3 Å². The highest BCUT2D eigenvalue weighted by molar-refractivity contribution is 7.89. The van der Waals surface area contributed by atoms with Crippen LogP contribution in [0.4, 0.5) is 5.69 Å². The van der Waals surface area contributed by atoms with Crippen LogP contribution in [0, 0.1) is 0 Å². The van der Waals surface area contributed by atoms with Gasteiger partial charge in [-0.1, -0.05) is 66.8 Å². The van der Waals surface area contributed by atoms with E-state index in [1.807, 2.05) is 85.8 Å². The lowest BCUT2D eigenvalue weighted by Crippen LogP contribution is -2.39. The molecule has 0 radical (unpaired) electrons. The molecule has 1 amide bonds. The first-order valence-electron chi connectivity index (χ1n) is 14.5. The number of ether oxygens (including phenoxy) is 2. The second-order valence-electron chi connectivity index (χ2n) is 11.3. The van der Waals surface area contributed by atoms with Gasteiger partial charge >= 0.3 is 0 Å². The summed E-state index contributed by atoms with van der Waals surface area (Å²) in [5.41, 5.74) is 2.02. The van der Waals surface area contributed by atoms with Crippen molar-refractivity contribution in [1.82, 2.24) is 4.31 Å². The average molecular weight is 599 g/mol. The second-order valence-corrected chi connectivity index (χ2v) is 13.2. The normalized spacial score (nSPS) is 22.1. The molecular formula is C34H34N2O6S. The van der Waals surface area contributed by atoms with E-state index in [4.69, 9.17) is 9.47 Å². The summed E-state index contributed by atoms with van der Waals surface area (Å²) in [5.74, 6) is -0.683. The van der Waals surface area contributed by atoms with Crippen LogP contribution in [0.3, 0.4) is 0 Å². The Hall–Kier alpha value is -4.05. The molecule has 9 heteroatoms. The summed E-state index contributed by atoms with van der Waals surface area (Å²) < 4.78 is 40.8. The molecule has 0 aromatic heterocycles. The minimum Gasteiger partial charge on any atom is -0.492 e. The number of hydrogen-bond acceptors (Lipinski definition) is 6. The lowest BCUT2D eigenvalue weighted by Gasteiger charge is -2.29. The Morgan fingerprint density at radius 1 is 0.977 bits per heavy atom. The minimum atomic E-state index is -3.90. The van der Waals surface area contributed by atoms with Crippen molar-refractivity contribution < 1.29 is 27.5 Å². The number of rotatable bonds is 10. The molecule has 0 bridgehead atoms. The van der Waals surface area contributed by atoms with E-state index in [0.29, 0.717) is 37.4 Å². The summed E-state index contributed by atoms with van der Waals surface area (Å²) in [7, 11) is -3.90. The summed E-state index contributed by atoms with van der Waals surface area (Å²) in [6, 6.07) is 23.3. The SMILES string of the molecule is CC1(OCc2ccccc2)C=CC(CN2C(=O)C(=O)c3cc(S(=O)(=O)N4CCC[C@H]4COc4ccccc4)ccc32)=CC1. The van der Waals surface area contributed by atoms with Crippen LogP contribution in [0.2, 0.25) is 0 Å². The summed E-state index contributed by atoms with van der Waals surface area (Å²) in [4.78, 5) is 27.5. The molecule has 1 saturated heterocycles. The standard InChI is InChI=1S/C34H34N2O6S/c1-34(42-23-26-9-4-2-5-10-26)18-16-25(17-19-34)22-35-31-15-14-29(21-30(31)32(37)33(35)38)43(39,40)36-20-8-11-27(36)24-41-28-12-6-3-7-13-28/h2-7,9-10,12-18,21,27H,8,11,19-20,22-24H2,1H3/t27-,34?/m0/s1. The molecule has 6 rings (SSSR count). The first kappa shape index (κ1) is 29.0. The Balaban J connectivity index is 1.14. The molecule has 43 heavy (non-hydrogen) atoms. The molecule has 2 aliphatic heterocycles. The largest absolute Gasteiger partial charge is 0.492 e. The molecule has 2 atom stereocenters. The Kier molecular flexibility index (Phi) is 8.05. The van der Waals surface area contributed by atoms with Gasteiger partial charge in [-0.05, 0) is 67.7 Å². The molecule has 0 saturated carbocycles. The number of anilines is 1. The number of hydrogen-bond donors (Lipinski definition) is 0. The van der Waals surface area contributed by atoms with Crippen LogP contribution >= 0.6 is 0 Å². The maximum Gasteiger partial charge on any atom is 0.299 e. The second kappa shape index (κ2) is 11.9. The number of Topliss-reactive ketones (excluding diaryl/α,β-unsaturated/α-hetero) is 1. The van der Waals surface area contributed by atoms with Gasteiger partial charge in [0.25, 0.3) is 11.7 Å². The van der Waals surface area contributed by atoms with Gasteiger partial charge in [0.1, 0.15) is 12.4 Å². The van der Waals surface area contributed by atoms with E-state index in [9.17, 15) is 18.0 Å². The Bertz CT molecular complexity index is 1690. The highest BCUT2D eigenvalue weighted by atomic mass is 32.2. The van der Waals surface area contributed by atoms with Gasteiger partial charge in [0.15, 0.2) is 0 Å². The molecule has 0 N–H and O–H groups in total. The van der Waals surface area contributed by atoms with Crippen molar-refractivity contribution in [2.24, 2.45) is 0 Å². The van der Waals surface area contributed by atoms with E-state index in [1.54, 1.807) is 6.07 Å². The third-order valence-electron chi connectivity index (χ3n) is 8.23. The number of nitrogens with zero attached hydrogens (tertiary/aromatic N) is 2. The zero-order valence-corrected chi connectivity index (χ0v) is 24.8. The minimum absolute atomic E-state index is 0.00368. The quantitative estimate of drug-likeness (QED) is 0.294. The van der Waals surface area contributed by atoms with E-state index in [2.05, 4.69) is 0 Å². The number of benzene rings is 3. The number of carbonyl (C=O) groups is 2. The Morgan fingerprint density at radius 2 is 1.72 bits per heavy atom. The average Bonchev–Trinajstić information content (AvgIpc) is 3.61. The number of ketones is 1. The predicted octanol–water partition coefficient (Wildman–Crippen LogP) is 5.31. The van der Waals surface area contributed by atoms with Crippen LogP contribution < -0.4 is 9.64 Å².